The van der Waals surface area contributed by atoms with Gasteiger partial charge in [-0.2, -0.15) is 0 Å². The summed E-state index contributed by atoms with van der Waals surface area (Å²) in [7, 11) is 0. The number of anilines is 1. The molecule has 146 valence electrons. The van der Waals surface area contributed by atoms with Crippen LogP contribution >= 0.6 is 0 Å². The summed E-state index contributed by atoms with van der Waals surface area (Å²) in [5.41, 5.74) is 2.74. The largest absolute Gasteiger partial charge is 0.396 e. The maximum Gasteiger partial charge on any atom is 0.225 e. The van der Waals surface area contributed by atoms with Gasteiger partial charge in [-0.25, -0.2) is 9.97 Å². The van der Waals surface area contributed by atoms with Crippen LogP contribution in [0.3, 0.4) is 0 Å². The summed E-state index contributed by atoms with van der Waals surface area (Å²) in [5.74, 6) is 1.09. The molecule has 2 aliphatic heterocycles. The average Bonchev–Trinajstić information content (AvgIpc) is 3.35. The summed E-state index contributed by atoms with van der Waals surface area (Å²) < 4.78 is 0. The lowest BCUT2D eigenvalue weighted by Crippen LogP contribution is -2.44. The molecule has 2 saturated heterocycles. The normalized spacial score (nSPS) is 22.3. The molecule has 0 radical (unpaired) electrons. The van der Waals surface area contributed by atoms with Crippen LogP contribution < -0.4 is 4.90 Å². The Morgan fingerprint density at radius 1 is 1.14 bits per heavy atom. The lowest BCUT2D eigenvalue weighted by atomic mass is 9.71. The van der Waals surface area contributed by atoms with Crippen LogP contribution in [0.25, 0.3) is 10.9 Å². The highest BCUT2D eigenvalue weighted by Gasteiger charge is 2.48. The van der Waals surface area contributed by atoms with Crippen molar-refractivity contribution in [2.45, 2.75) is 19.4 Å². The zero-order valence-electron chi connectivity index (χ0n) is 16.1. The Balaban J connectivity index is 1.26. The number of piperidine rings is 1. The van der Waals surface area contributed by atoms with E-state index < -0.39 is 0 Å². The molecule has 1 spiro atoms. The van der Waals surface area contributed by atoms with Crippen LogP contribution in [0, 0.1) is 11.3 Å². The maximum atomic E-state index is 10.0. The summed E-state index contributed by atoms with van der Waals surface area (Å²) >= 11 is 0. The molecule has 3 aromatic rings. The Labute approximate surface area is 165 Å². The molecule has 2 N–H and O–H groups in total. The fourth-order valence-electron chi connectivity index (χ4n) is 5.07. The maximum absolute atomic E-state index is 10.0. The molecule has 1 atom stereocenters. The van der Waals surface area contributed by atoms with Crippen molar-refractivity contribution in [1.29, 1.82) is 0 Å². The minimum Gasteiger partial charge on any atom is -0.396 e. The van der Waals surface area contributed by atoms with Gasteiger partial charge in [0.15, 0.2) is 0 Å². The number of likely N-dealkylation sites (tertiary alicyclic amines) is 1. The van der Waals surface area contributed by atoms with Crippen molar-refractivity contribution in [2.24, 2.45) is 11.3 Å². The molecule has 4 heterocycles. The third-order valence-electron chi connectivity index (χ3n) is 6.75. The molecule has 2 aliphatic rings. The zero-order chi connectivity index (χ0) is 19.0. The highest BCUT2D eigenvalue weighted by molar-refractivity contribution is 5.79. The van der Waals surface area contributed by atoms with E-state index in [1.807, 2.05) is 12.3 Å². The third kappa shape index (κ3) is 3.16. The number of hydrogen-bond donors (Lipinski definition) is 2. The Morgan fingerprint density at radius 2 is 1.96 bits per heavy atom. The monoisotopic (exact) mass is 377 g/mol. The van der Waals surface area contributed by atoms with Crippen molar-refractivity contribution in [3.63, 3.8) is 0 Å². The van der Waals surface area contributed by atoms with Gasteiger partial charge in [0.25, 0.3) is 0 Å². The first kappa shape index (κ1) is 17.6. The van der Waals surface area contributed by atoms with Gasteiger partial charge in [0.1, 0.15) is 0 Å². The Morgan fingerprint density at radius 3 is 2.75 bits per heavy atom. The number of aliphatic hydroxyl groups excluding tert-OH is 1. The first-order valence-corrected chi connectivity index (χ1v) is 10.2. The molecule has 5 rings (SSSR count). The first-order chi connectivity index (χ1) is 13.8. The second kappa shape index (κ2) is 7.18. The van der Waals surface area contributed by atoms with Crippen molar-refractivity contribution in [3.8, 4) is 0 Å². The number of fused-ring (bicyclic) bond motifs is 1. The van der Waals surface area contributed by atoms with Crippen molar-refractivity contribution in [2.75, 3.05) is 37.7 Å². The number of H-pyrrole nitrogens is 1. The van der Waals surface area contributed by atoms with Gasteiger partial charge < -0.3 is 15.0 Å². The highest BCUT2D eigenvalue weighted by Crippen LogP contribution is 2.45. The van der Waals surface area contributed by atoms with Crippen LogP contribution in [-0.4, -0.2) is 57.7 Å². The lowest BCUT2D eigenvalue weighted by molar-refractivity contribution is 0.0507. The van der Waals surface area contributed by atoms with E-state index in [9.17, 15) is 5.11 Å². The van der Waals surface area contributed by atoms with Crippen molar-refractivity contribution < 1.29 is 5.11 Å². The van der Waals surface area contributed by atoms with Crippen molar-refractivity contribution >= 4 is 16.9 Å². The summed E-state index contributed by atoms with van der Waals surface area (Å²) in [5, 5.41) is 11.3. The fraction of sp³-hybridized carbons (Fsp3) is 0.455. The van der Waals surface area contributed by atoms with E-state index in [0.717, 1.165) is 51.5 Å². The summed E-state index contributed by atoms with van der Waals surface area (Å²) in [4.78, 5) is 17.0. The number of aliphatic hydroxyl groups is 1. The number of benzene rings is 1. The van der Waals surface area contributed by atoms with Crippen LogP contribution in [0.4, 0.5) is 5.95 Å². The zero-order valence-corrected chi connectivity index (χ0v) is 16.1. The molecule has 1 aromatic carbocycles. The van der Waals surface area contributed by atoms with E-state index in [4.69, 9.17) is 0 Å². The van der Waals surface area contributed by atoms with Gasteiger partial charge >= 0.3 is 0 Å². The van der Waals surface area contributed by atoms with E-state index in [1.165, 1.54) is 16.5 Å². The summed E-state index contributed by atoms with van der Waals surface area (Å²) in [6.07, 6.45) is 7.82. The third-order valence-corrected chi connectivity index (χ3v) is 6.75. The van der Waals surface area contributed by atoms with Gasteiger partial charge in [-0.3, -0.25) is 4.90 Å². The lowest BCUT2D eigenvalue weighted by Gasteiger charge is -2.42. The molecule has 0 bridgehead atoms. The molecule has 0 amide bonds. The van der Waals surface area contributed by atoms with E-state index >= 15 is 0 Å². The number of aromatic amines is 1. The van der Waals surface area contributed by atoms with E-state index in [0.29, 0.717) is 5.92 Å². The number of aromatic nitrogens is 3. The van der Waals surface area contributed by atoms with E-state index in [-0.39, 0.29) is 12.0 Å². The van der Waals surface area contributed by atoms with Gasteiger partial charge in [0.2, 0.25) is 5.95 Å². The number of nitrogens with one attached hydrogen (secondary N) is 1. The topological polar surface area (TPSA) is 68.3 Å². The Bertz CT molecular complexity index is 932. The molecule has 6 nitrogen and oxygen atoms in total. The van der Waals surface area contributed by atoms with Gasteiger partial charge in [-0.15, -0.1) is 0 Å². The minimum atomic E-state index is 0.174. The summed E-state index contributed by atoms with van der Waals surface area (Å²) in [6, 6.07) is 10.7. The van der Waals surface area contributed by atoms with Gasteiger partial charge in [0, 0.05) is 56.3 Å². The van der Waals surface area contributed by atoms with E-state index in [1.54, 1.807) is 12.4 Å². The van der Waals surface area contributed by atoms with Gasteiger partial charge in [-0.05, 0) is 60.5 Å². The average molecular weight is 377 g/mol. The van der Waals surface area contributed by atoms with Gasteiger partial charge in [0.05, 0.1) is 0 Å². The van der Waals surface area contributed by atoms with Crippen molar-refractivity contribution in [1.82, 2.24) is 19.9 Å². The van der Waals surface area contributed by atoms with Crippen LogP contribution in [0.15, 0.2) is 48.9 Å². The molecular formula is C22H27N5O. The Kier molecular flexibility index (Phi) is 4.53. The molecule has 0 saturated carbocycles. The molecule has 6 heteroatoms. The number of rotatable bonds is 4. The molecule has 28 heavy (non-hydrogen) atoms. The predicted octanol–water partition coefficient (Wildman–Crippen LogP) is 2.67. The highest BCUT2D eigenvalue weighted by atomic mass is 16.3. The number of nitrogens with zero attached hydrogens (tertiary/aromatic N) is 4. The smallest absolute Gasteiger partial charge is 0.225 e. The second-order valence-corrected chi connectivity index (χ2v) is 8.35. The van der Waals surface area contributed by atoms with Crippen LogP contribution in [0.1, 0.15) is 18.4 Å². The standard InChI is InChI=1S/C22H27N5O/c28-15-19-14-27(21-24-7-1-8-25-21)16-22(19)5-10-26(11-6-22)13-17-2-3-18-4-9-23-20(18)12-17/h1-4,7-9,12,19,23,28H,5-6,10-11,13-16H2. The van der Waals surface area contributed by atoms with Crippen LogP contribution in [0.5, 0.6) is 0 Å². The van der Waals surface area contributed by atoms with Gasteiger partial charge in [-0.1, -0.05) is 12.1 Å². The molecule has 2 fully saturated rings. The summed E-state index contributed by atoms with van der Waals surface area (Å²) in [6.45, 7) is 5.17. The molecule has 1 unspecified atom stereocenters. The second-order valence-electron chi connectivity index (χ2n) is 8.35. The SMILES string of the molecule is OCC1CN(c2ncccn2)CC12CCN(Cc1ccc3cc[nH]c3c1)CC2. The van der Waals surface area contributed by atoms with Crippen molar-refractivity contribution in [3.05, 3.63) is 54.5 Å². The molecular weight excluding hydrogens is 350 g/mol. The quantitative estimate of drug-likeness (QED) is 0.732. The Hall–Kier alpha value is -2.44. The van der Waals surface area contributed by atoms with Crippen LogP contribution in [0.2, 0.25) is 0 Å². The first-order valence-electron chi connectivity index (χ1n) is 10.2. The molecule has 0 aliphatic carbocycles. The predicted molar refractivity (Wildman–Crippen MR) is 110 cm³/mol. The minimum absolute atomic E-state index is 0.174. The molecule has 2 aromatic heterocycles. The number of hydrogen-bond acceptors (Lipinski definition) is 5. The fourth-order valence-corrected chi connectivity index (χ4v) is 5.07. The van der Waals surface area contributed by atoms with Crippen LogP contribution in [-0.2, 0) is 6.54 Å². The van der Waals surface area contributed by atoms with E-state index in [2.05, 4.69) is 49.0 Å².